The normalized spacial score (nSPS) is 19.6. The summed E-state index contributed by atoms with van der Waals surface area (Å²) in [5.74, 6) is 1.26. The second-order valence-corrected chi connectivity index (χ2v) is 9.93. The van der Waals surface area contributed by atoms with Gasteiger partial charge in [-0.2, -0.15) is 0 Å². The minimum absolute atomic E-state index is 0.228. The maximum atomic E-state index is 13.1. The number of fused-ring (bicyclic) bond motifs is 4. The number of carbonyl (C=O) groups is 1. The van der Waals surface area contributed by atoms with E-state index in [4.69, 9.17) is 9.97 Å². The Morgan fingerprint density at radius 3 is 2.50 bits per heavy atom. The van der Waals surface area contributed by atoms with E-state index in [9.17, 15) is 4.79 Å². The minimum atomic E-state index is -0.347. The molecule has 6 rings (SSSR count). The number of anilines is 2. The fourth-order valence-corrected chi connectivity index (χ4v) is 5.63. The number of pyridine rings is 2. The van der Waals surface area contributed by atoms with Crippen molar-refractivity contribution in [1.29, 1.82) is 0 Å². The lowest BCUT2D eigenvalue weighted by Crippen LogP contribution is -2.57. The highest BCUT2D eigenvalue weighted by molar-refractivity contribution is 6.13. The molecule has 2 fully saturated rings. The lowest BCUT2D eigenvalue weighted by atomic mass is 9.64. The van der Waals surface area contributed by atoms with Gasteiger partial charge in [-0.25, -0.2) is 4.98 Å². The van der Waals surface area contributed by atoms with Crippen molar-refractivity contribution in [2.24, 2.45) is 0 Å². The van der Waals surface area contributed by atoms with E-state index >= 15 is 0 Å². The molecule has 4 heterocycles. The number of rotatable bonds is 3. The quantitative estimate of drug-likeness (QED) is 0.637. The van der Waals surface area contributed by atoms with Crippen LogP contribution in [0.2, 0.25) is 0 Å². The van der Waals surface area contributed by atoms with Gasteiger partial charge in [0.2, 0.25) is 5.91 Å². The summed E-state index contributed by atoms with van der Waals surface area (Å²) in [6, 6.07) is 9.31. The maximum Gasteiger partial charge on any atom is 0.237 e. The molecule has 1 saturated heterocycles. The Bertz CT molecular complexity index is 1240. The molecule has 164 valence electrons. The number of carbonyl (C=O) groups excluding carboxylic acids is 1. The number of amides is 1. The van der Waals surface area contributed by atoms with Crippen LogP contribution in [0.5, 0.6) is 0 Å². The Hall–Kier alpha value is -2.99. The van der Waals surface area contributed by atoms with Gasteiger partial charge in [0.1, 0.15) is 5.82 Å². The third-order valence-corrected chi connectivity index (χ3v) is 7.93. The topological polar surface area (TPSA) is 52.6 Å². The van der Waals surface area contributed by atoms with Crippen molar-refractivity contribution in [1.82, 2.24) is 14.9 Å². The lowest BCUT2D eigenvalue weighted by Gasteiger charge is -2.43. The van der Waals surface area contributed by atoms with Crippen molar-refractivity contribution >= 4 is 28.3 Å². The molecule has 2 aromatic heterocycles. The molecule has 1 amide bonds. The number of hydrogen-bond acceptors (Lipinski definition) is 5. The van der Waals surface area contributed by atoms with Crippen molar-refractivity contribution in [3.8, 4) is 11.1 Å². The van der Waals surface area contributed by atoms with Crippen LogP contribution in [-0.2, 0) is 10.2 Å². The molecule has 0 radical (unpaired) electrons. The summed E-state index contributed by atoms with van der Waals surface area (Å²) in [4.78, 5) is 29.0. The van der Waals surface area contributed by atoms with Crippen LogP contribution in [0.3, 0.4) is 0 Å². The number of likely N-dealkylation sites (N-methyl/N-ethyl adjacent to an activating group) is 2. The van der Waals surface area contributed by atoms with Gasteiger partial charge in [-0.3, -0.25) is 9.78 Å². The van der Waals surface area contributed by atoms with Gasteiger partial charge < -0.3 is 14.7 Å². The van der Waals surface area contributed by atoms with Gasteiger partial charge in [0.05, 0.1) is 22.8 Å². The van der Waals surface area contributed by atoms with E-state index in [1.165, 1.54) is 11.1 Å². The molecule has 1 aromatic carbocycles. The highest BCUT2D eigenvalue weighted by atomic mass is 16.2. The van der Waals surface area contributed by atoms with Gasteiger partial charge in [0.25, 0.3) is 0 Å². The van der Waals surface area contributed by atoms with Crippen LogP contribution in [0.1, 0.15) is 30.4 Å². The second-order valence-electron chi connectivity index (χ2n) is 9.93. The minimum Gasteiger partial charge on any atom is -0.353 e. The van der Waals surface area contributed by atoms with Crippen LogP contribution in [0.15, 0.2) is 36.7 Å². The summed E-state index contributed by atoms with van der Waals surface area (Å²) in [5.41, 5.74) is 6.23. The van der Waals surface area contributed by atoms with Crippen molar-refractivity contribution < 1.29 is 4.79 Å². The molecular formula is C26H29N5O. The SMILES string of the molecule is Cc1cc2ncc3c(c2cc1-c1ccc(N2CC(N(C)C)C2)nc1)C1(CCC1)C(=O)N3C. The molecule has 3 aromatic rings. The number of hydrogen-bond donors (Lipinski definition) is 0. The van der Waals surface area contributed by atoms with E-state index < -0.39 is 0 Å². The predicted octanol–water partition coefficient (Wildman–Crippen LogP) is 3.75. The predicted molar refractivity (Wildman–Crippen MR) is 128 cm³/mol. The van der Waals surface area contributed by atoms with E-state index in [2.05, 4.69) is 55.1 Å². The van der Waals surface area contributed by atoms with Gasteiger partial charge >= 0.3 is 0 Å². The molecule has 32 heavy (non-hydrogen) atoms. The smallest absolute Gasteiger partial charge is 0.237 e. The second kappa shape index (κ2) is 6.75. The zero-order chi connectivity index (χ0) is 22.2. The first-order valence-electron chi connectivity index (χ1n) is 11.5. The van der Waals surface area contributed by atoms with Crippen LogP contribution < -0.4 is 9.80 Å². The first-order valence-corrected chi connectivity index (χ1v) is 11.5. The maximum absolute atomic E-state index is 13.1. The van der Waals surface area contributed by atoms with Crippen molar-refractivity contribution in [3.05, 3.63) is 47.8 Å². The molecule has 1 aliphatic carbocycles. The number of aromatic nitrogens is 2. The molecule has 1 saturated carbocycles. The van der Waals surface area contributed by atoms with E-state index in [1.807, 2.05) is 24.3 Å². The monoisotopic (exact) mass is 427 g/mol. The summed E-state index contributed by atoms with van der Waals surface area (Å²) in [7, 11) is 6.15. The van der Waals surface area contributed by atoms with Crippen LogP contribution in [0.4, 0.5) is 11.5 Å². The molecule has 2 aliphatic heterocycles. The molecule has 0 N–H and O–H groups in total. The molecule has 3 aliphatic rings. The van der Waals surface area contributed by atoms with Gasteiger partial charge in [-0.15, -0.1) is 0 Å². The Balaban J connectivity index is 1.41. The summed E-state index contributed by atoms with van der Waals surface area (Å²) in [6.45, 7) is 4.18. The average molecular weight is 428 g/mol. The van der Waals surface area contributed by atoms with Gasteiger partial charge in [-0.05, 0) is 69.3 Å². The van der Waals surface area contributed by atoms with E-state index in [0.717, 1.165) is 65.9 Å². The Kier molecular flexibility index (Phi) is 4.15. The summed E-state index contributed by atoms with van der Waals surface area (Å²) in [5, 5.41) is 1.11. The average Bonchev–Trinajstić information content (AvgIpc) is 2.94. The molecule has 1 spiro atoms. The summed E-state index contributed by atoms with van der Waals surface area (Å²) in [6.07, 6.45) is 6.85. The van der Waals surface area contributed by atoms with Gasteiger partial charge in [-0.1, -0.05) is 6.42 Å². The highest BCUT2D eigenvalue weighted by Crippen LogP contribution is 2.55. The van der Waals surface area contributed by atoms with Gasteiger partial charge in [0, 0.05) is 48.9 Å². The first kappa shape index (κ1) is 19.7. The number of benzene rings is 1. The third-order valence-electron chi connectivity index (χ3n) is 7.93. The fraction of sp³-hybridized carbons (Fsp3) is 0.423. The van der Waals surface area contributed by atoms with Crippen molar-refractivity contribution in [3.63, 3.8) is 0 Å². The van der Waals surface area contributed by atoms with Crippen LogP contribution in [0.25, 0.3) is 22.0 Å². The molecule has 0 atom stereocenters. The molecule has 0 bridgehead atoms. The number of nitrogens with zero attached hydrogens (tertiary/aromatic N) is 5. The largest absolute Gasteiger partial charge is 0.353 e. The highest BCUT2D eigenvalue weighted by Gasteiger charge is 2.54. The first-order chi connectivity index (χ1) is 15.4. The van der Waals surface area contributed by atoms with Crippen molar-refractivity contribution in [2.45, 2.75) is 37.6 Å². The zero-order valence-corrected chi connectivity index (χ0v) is 19.2. The Morgan fingerprint density at radius 1 is 1.09 bits per heavy atom. The van der Waals surface area contributed by atoms with E-state index in [0.29, 0.717) is 6.04 Å². The third kappa shape index (κ3) is 2.59. The molecule has 6 nitrogen and oxygen atoms in total. The summed E-state index contributed by atoms with van der Waals surface area (Å²) >= 11 is 0. The summed E-state index contributed by atoms with van der Waals surface area (Å²) < 4.78 is 0. The zero-order valence-electron chi connectivity index (χ0n) is 19.2. The van der Waals surface area contributed by atoms with Crippen LogP contribution >= 0.6 is 0 Å². The fourth-order valence-electron chi connectivity index (χ4n) is 5.63. The molecular weight excluding hydrogens is 398 g/mol. The van der Waals surface area contributed by atoms with Crippen LogP contribution in [0, 0.1) is 6.92 Å². The van der Waals surface area contributed by atoms with Gasteiger partial charge in [0.15, 0.2) is 0 Å². The lowest BCUT2D eigenvalue weighted by molar-refractivity contribution is -0.125. The molecule has 6 heteroatoms. The Morgan fingerprint density at radius 2 is 1.88 bits per heavy atom. The standard InChI is InChI=1S/C26H29N5O/c1-16-10-21-20(24-22(13-27-21)30(4)25(32)26(24)8-5-9-26)11-19(16)17-6-7-23(28-12-17)31-14-18(15-31)29(2)3/h6-7,10-13,18H,5,8-9,14-15H2,1-4H3. The van der Waals surface area contributed by atoms with E-state index in [-0.39, 0.29) is 11.3 Å². The number of aryl methyl sites for hydroxylation is 1. The molecule has 0 unspecified atom stereocenters. The van der Waals surface area contributed by atoms with Crippen molar-refractivity contribution in [2.75, 3.05) is 44.0 Å². The van der Waals surface area contributed by atoms with E-state index in [1.54, 1.807) is 0 Å². The van der Waals surface area contributed by atoms with Crippen LogP contribution in [-0.4, -0.2) is 61.0 Å². The Labute approximate surface area is 188 Å².